The summed E-state index contributed by atoms with van der Waals surface area (Å²) in [6.07, 6.45) is -0.483. The van der Waals surface area contributed by atoms with E-state index in [9.17, 15) is 4.79 Å². The monoisotopic (exact) mass is 270 g/mol. The number of carbonyl (C=O) groups is 1. The van der Waals surface area contributed by atoms with Crippen LogP contribution in [-0.4, -0.2) is 41.0 Å². The summed E-state index contributed by atoms with van der Waals surface area (Å²) in [5, 5.41) is 0. The summed E-state index contributed by atoms with van der Waals surface area (Å²) in [6, 6.07) is 5.18. The summed E-state index contributed by atoms with van der Waals surface area (Å²) in [5.41, 5.74) is 0.785. The Morgan fingerprint density at radius 2 is 1.79 bits per heavy atom. The van der Waals surface area contributed by atoms with Gasteiger partial charge in [0.15, 0.2) is 24.4 Å². The standard InChI is InChI=1S/C13H18O6/c1-15-11-7-9(13(17-3)18-4)5-6-10(11)19-8-12(14)16-2/h5-7,13H,8H2,1-4H3. The second-order valence-corrected chi connectivity index (χ2v) is 3.58. The van der Waals surface area contributed by atoms with Crippen LogP contribution in [0.15, 0.2) is 18.2 Å². The number of ether oxygens (including phenoxy) is 5. The molecular formula is C13H18O6. The highest BCUT2D eigenvalue weighted by molar-refractivity contribution is 5.71. The lowest BCUT2D eigenvalue weighted by Gasteiger charge is -2.16. The SMILES string of the molecule is COC(=O)COc1ccc(C(OC)OC)cc1OC. The molecule has 0 saturated heterocycles. The highest BCUT2D eigenvalue weighted by atomic mass is 16.7. The summed E-state index contributed by atoms with van der Waals surface area (Å²) in [4.78, 5) is 11.0. The zero-order valence-electron chi connectivity index (χ0n) is 11.5. The van der Waals surface area contributed by atoms with E-state index in [2.05, 4.69) is 4.74 Å². The van der Waals surface area contributed by atoms with Gasteiger partial charge in [-0.05, 0) is 12.1 Å². The molecule has 0 unspecified atom stereocenters. The highest BCUT2D eigenvalue weighted by Crippen LogP contribution is 2.31. The molecule has 1 aromatic rings. The van der Waals surface area contributed by atoms with Gasteiger partial charge in [0.05, 0.1) is 14.2 Å². The zero-order valence-corrected chi connectivity index (χ0v) is 11.5. The average Bonchev–Trinajstić information content (AvgIpc) is 2.46. The number of carbonyl (C=O) groups excluding carboxylic acids is 1. The number of rotatable bonds is 7. The lowest BCUT2D eigenvalue weighted by Crippen LogP contribution is -2.13. The highest BCUT2D eigenvalue weighted by Gasteiger charge is 2.14. The third kappa shape index (κ3) is 4.11. The first-order chi connectivity index (χ1) is 9.15. The Hall–Kier alpha value is -1.79. The molecular weight excluding hydrogens is 252 g/mol. The van der Waals surface area contributed by atoms with Gasteiger partial charge in [-0.15, -0.1) is 0 Å². The Bertz CT molecular complexity index is 414. The van der Waals surface area contributed by atoms with E-state index >= 15 is 0 Å². The summed E-state index contributed by atoms with van der Waals surface area (Å²) < 4.78 is 25.3. The second-order valence-electron chi connectivity index (χ2n) is 3.58. The van der Waals surface area contributed by atoms with Crippen molar-refractivity contribution in [3.8, 4) is 11.5 Å². The molecule has 0 aliphatic rings. The summed E-state index contributed by atoms with van der Waals surface area (Å²) in [7, 11) is 5.90. The van der Waals surface area contributed by atoms with Gasteiger partial charge in [-0.25, -0.2) is 4.79 Å². The third-order valence-electron chi connectivity index (χ3n) is 2.46. The maximum Gasteiger partial charge on any atom is 0.343 e. The predicted molar refractivity (Wildman–Crippen MR) is 67.3 cm³/mol. The van der Waals surface area contributed by atoms with Gasteiger partial charge in [0.2, 0.25) is 0 Å². The molecule has 0 aliphatic heterocycles. The first-order valence-corrected chi connectivity index (χ1v) is 5.59. The van der Waals surface area contributed by atoms with Crippen molar-refractivity contribution in [1.82, 2.24) is 0 Å². The van der Waals surface area contributed by atoms with E-state index in [4.69, 9.17) is 18.9 Å². The van der Waals surface area contributed by atoms with Crippen LogP contribution >= 0.6 is 0 Å². The fourth-order valence-electron chi connectivity index (χ4n) is 1.51. The average molecular weight is 270 g/mol. The Labute approximate surface area is 112 Å². The van der Waals surface area contributed by atoms with Crippen LogP contribution in [0.5, 0.6) is 11.5 Å². The minimum atomic E-state index is -0.483. The van der Waals surface area contributed by atoms with Crippen LogP contribution in [0, 0.1) is 0 Å². The van der Waals surface area contributed by atoms with E-state index in [0.717, 1.165) is 5.56 Å². The van der Waals surface area contributed by atoms with Gasteiger partial charge in [-0.2, -0.15) is 0 Å². The van der Waals surface area contributed by atoms with E-state index in [1.807, 2.05) is 0 Å². The van der Waals surface area contributed by atoms with Crippen LogP contribution in [0.1, 0.15) is 11.9 Å². The van der Waals surface area contributed by atoms with Crippen molar-refractivity contribution in [3.05, 3.63) is 23.8 Å². The maximum absolute atomic E-state index is 11.0. The molecule has 0 heterocycles. The van der Waals surface area contributed by atoms with Crippen molar-refractivity contribution in [3.63, 3.8) is 0 Å². The van der Waals surface area contributed by atoms with Gasteiger partial charge in [0.1, 0.15) is 0 Å². The number of methoxy groups -OCH3 is 4. The van der Waals surface area contributed by atoms with Gasteiger partial charge in [0, 0.05) is 19.8 Å². The smallest absolute Gasteiger partial charge is 0.343 e. The molecule has 19 heavy (non-hydrogen) atoms. The molecule has 0 aliphatic carbocycles. The molecule has 0 bridgehead atoms. The van der Waals surface area contributed by atoms with Crippen molar-refractivity contribution >= 4 is 5.97 Å². The molecule has 0 spiro atoms. The molecule has 0 aromatic heterocycles. The molecule has 0 radical (unpaired) electrons. The van der Waals surface area contributed by atoms with E-state index in [1.54, 1.807) is 32.4 Å². The molecule has 106 valence electrons. The number of hydrogen-bond donors (Lipinski definition) is 0. The topological polar surface area (TPSA) is 63.2 Å². The minimum Gasteiger partial charge on any atom is -0.493 e. The fourth-order valence-corrected chi connectivity index (χ4v) is 1.51. The van der Waals surface area contributed by atoms with Crippen molar-refractivity contribution in [2.45, 2.75) is 6.29 Å². The van der Waals surface area contributed by atoms with Crippen molar-refractivity contribution in [2.75, 3.05) is 35.0 Å². The predicted octanol–water partition coefficient (Wildman–Crippen LogP) is 1.54. The minimum absolute atomic E-state index is 0.176. The van der Waals surface area contributed by atoms with Crippen LogP contribution in [-0.2, 0) is 19.0 Å². The summed E-state index contributed by atoms with van der Waals surface area (Å²) in [6.45, 7) is -0.176. The van der Waals surface area contributed by atoms with Crippen molar-refractivity contribution in [2.24, 2.45) is 0 Å². The van der Waals surface area contributed by atoms with Crippen molar-refractivity contribution in [1.29, 1.82) is 0 Å². The number of esters is 1. The molecule has 0 fully saturated rings. The van der Waals surface area contributed by atoms with Gasteiger partial charge in [0.25, 0.3) is 0 Å². The van der Waals surface area contributed by atoms with Crippen LogP contribution in [0.4, 0.5) is 0 Å². The van der Waals surface area contributed by atoms with Gasteiger partial charge < -0.3 is 23.7 Å². The van der Waals surface area contributed by atoms with E-state index in [0.29, 0.717) is 11.5 Å². The fraction of sp³-hybridized carbons (Fsp3) is 0.462. The first kappa shape index (κ1) is 15.3. The quantitative estimate of drug-likeness (QED) is 0.553. The van der Waals surface area contributed by atoms with E-state index < -0.39 is 12.3 Å². The van der Waals surface area contributed by atoms with Crippen LogP contribution in [0.3, 0.4) is 0 Å². The largest absolute Gasteiger partial charge is 0.493 e. The molecule has 0 N–H and O–H groups in total. The Morgan fingerprint density at radius 3 is 2.32 bits per heavy atom. The lowest BCUT2D eigenvalue weighted by atomic mass is 10.2. The Kier molecular flexibility index (Phi) is 6.11. The Balaban J connectivity index is 2.86. The first-order valence-electron chi connectivity index (χ1n) is 5.59. The summed E-state index contributed by atoms with van der Waals surface area (Å²) >= 11 is 0. The Morgan fingerprint density at radius 1 is 1.11 bits per heavy atom. The molecule has 0 atom stereocenters. The van der Waals surface area contributed by atoms with Crippen molar-refractivity contribution < 1.29 is 28.5 Å². The number of benzene rings is 1. The van der Waals surface area contributed by atoms with Crippen LogP contribution < -0.4 is 9.47 Å². The second kappa shape index (κ2) is 7.60. The maximum atomic E-state index is 11.0. The molecule has 6 nitrogen and oxygen atoms in total. The molecule has 0 saturated carbocycles. The molecule has 6 heteroatoms. The van der Waals surface area contributed by atoms with Crippen LogP contribution in [0.25, 0.3) is 0 Å². The third-order valence-corrected chi connectivity index (χ3v) is 2.46. The van der Waals surface area contributed by atoms with Gasteiger partial charge in [-0.3, -0.25) is 0 Å². The van der Waals surface area contributed by atoms with Crippen LogP contribution in [0.2, 0.25) is 0 Å². The normalized spacial score (nSPS) is 10.4. The molecule has 0 amide bonds. The van der Waals surface area contributed by atoms with E-state index in [-0.39, 0.29) is 6.61 Å². The number of hydrogen-bond acceptors (Lipinski definition) is 6. The molecule has 1 aromatic carbocycles. The van der Waals surface area contributed by atoms with Gasteiger partial charge >= 0.3 is 5.97 Å². The summed E-state index contributed by atoms with van der Waals surface area (Å²) in [5.74, 6) is 0.473. The molecule has 1 rings (SSSR count). The lowest BCUT2D eigenvalue weighted by molar-refractivity contribution is -0.142. The van der Waals surface area contributed by atoms with Gasteiger partial charge in [-0.1, -0.05) is 6.07 Å². The zero-order chi connectivity index (χ0) is 14.3. The van der Waals surface area contributed by atoms with E-state index in [1.165, 1.54) is 14.2 Å².